The van der Waals surface area contributed by atoms with Gasteiger partial charge in [-0.3, -0.25) is 0 Å². The van der Waals surface area contributed by atoms with Crippen LogP contribution in [0.25, 0.3) is 21.8 Å². The molecule has 0 bridgehead atoms. The number of pyridine rings is 2. The molecule has 0 N–H and O–H groups in total. The Hall–Kier alpha value is -1.73. The quantitative estimate of drug-likeness (QED) is 0.314. The van der Waals surface area contributed by atoms with Gasteiger partial charge in [0.05, 0.1) is 11.0 Å². The molecule has 0 radical (unpaired) electrons. The maximum atomic E-state index is 4.81. The lowest BCUT2D eigenvalue weighted by Crippen LogP contribution is -2.13. The number of benzene rings is 2. The van der Waals surface area contributed by atoms with Gasteiger partial charge in [-0.15, -0.1) is 3.12 Å². The van der Waals surface area contributed by atoms with Gasteiger partial charge in [0.15, 0.2) is 0 Å². The molecule has 4 rings (SSSR count). The fourth-order valence-corrected chi connectivity index (χ4v) is 6.62. The van der Waals surface area contributed by atoms with Crippen LogP contribution in [0.2, 0.25) is 0 Å². The molecule has 142 valence electrons. The summed E-state index contributed by atoms with van der Waals surface area (Å²) in [5, 5.41) is 4.27. The fourth-order valence-electron chi connectivity index (χ4n) is 2.63. The van der Waals surface area contributed by atoms with E-state index in [1.54, 1.807) is 35.8 Å². The molecule has 0 fully saturated rings. The molecule has 0 saturated heterocycles. The number of hydrogen-bond acceptors (Lipinski definition) is 6. The van der Waals surface area contributed by atoms with Gasteiger partial charge < -0.3 is 0 Å². The summed E-state index contributed by atoms with van der Waals surface area (Å²) in [6.45, 7) is 6.65. The number of fused-ring (bicyclic) bond motifs is 2. The van der Waals surface area contributed by atoms with Crippen molar-refractivity contribution in [3.8, 4) is 0 Å². The van der Waals surface area contributed by atoms with E-state index < -0.39 is 0 Å². The van der Waals surface area contributed by atoms with Crippen LogP contribution in [0, 0.1) is 0 Å². The van der Waals surface area contributed by atoms with E-state index in [1.165, 1.54) is 0 Å². The largest absolute Gasteiger partial charge is 0.240 e. The molecule has 0 aliphatic rings. The molecule has 0 unspecified atom stereocenters. The van der Waals surface area contributed by atoms with Crippen LogP contribution in [0.15, 0.2) is 82.8 Å². The Morgan fingerprint density at radius 1 is 0.643 bits per heavy atom. The molecule has 3 nitrogen and oxygen atoms in total. The molecule has 0 amide bonds. The highest BCUT2D eigenvalue weighted by Gasteiger charge is 2.21. The number of para-hydroxylation sites is 2. The zero-order valence-corrected chi connectivity index (χ0v) is 18.4. The second kappa shape index (κ2) is 8.33. The van der Waals surface area contributed by atoms with Gasteiger partial charge in [0, 0.05) is 39.4 Å². The topological polar surface area (TPSA) is 29.0 Å². The minimum Gasteiger partial charge on any atom is -0.240 e. The predicted octanol–water partition coefficient (Wildman–Crippen LogP) is 7.25. The smallest absolute Gasteiger partial charge is 0.114 e. The number of hydrogen-bond donors (Lipinski definition) is 0. The van der Waals surface area contributed by atoms with Crippen LogP contribution in [0.1, 0.15) is 20.8 Å². The van der Waals surface area contributed by atoms with E-state index in [1.807, 2.05) is 24.3 Å². The molecule has 0 saturated carbocycles. The normalized spacial score (nSPS) is 12.1. The van der Waals surface area contributed by atoms with Gasteiger partial charge in [0.2, 0.25) is 0 Å². The summed E-state index contributed by atoms with van der Waals surface area (Å²) in [5.74, 6) is 0. The Kier molecular flexibility index (Phi) is 5.83. The highest BCUT2D eigenvalue weighted by molar-refractivity contribution is 8.25. The first-order valence-corrected chi connectivity index (χ1v) is 11.4. The third kappa shape index (κ3) is 5.00. The summed E-state index contributed by atoms with van der Waals surface area (Å²) >= 11 is 5.06. The average molecular weight is 424 g/mol. The van der Waals surface area contributed by atoms with Gasteiger partial charge in [0.25, 0.3) is 0 Å². The summed E-state index contributed by atoms with van der Waals surface area (Å²) in [5.41, 5.74) is 2.03. The summed E-state index contributed by atoms with van der Waals surface area (Å²) in [7, 11) is 0. The van der Waals surface area contributed by atoms with E-state index in [4.69, 9.17) is 9.97 Å². The number of aromatic nitrogens is 2. The SMILES string of the molecule is CC(C)(C)SN(Sc1ccc2ccccc2n1)Sc1ccc2ccccc2n1. The van der Waals surface area contributed by atoms with Crippen molar-refractivity contribution < 1.29 is 0 Å². The van der Waals surface area contributed by atoms with Crippen LogP contribution < -0.4 is 0 Å². The molecule has 2 aromatic heterocycles. The van der Waals surface area contributed by atoms with Crippen molar-refractivity contribution >= 4 is 57.6 Å². The van der Waals surface area contributed by atoms with Crippen molar-refractivity contribution in [3.63, 3.8) is 0 Å². The lowest BCUT2D eigenvalue weighted by molar-refractivity contribution is 0.793. The summed E-state index contributed by atoms with van der Waals surface area (Å²) in [4.78, 5) is 9.62. The monoisotopic (exact) mass is 423 g/mol. The van der Waals surface area contributed by atoms with Crippen molar-refractivity contribution in [2.45, 2.75) is 35.6 Å². The standard InChI is InChI=1S/C22H21N3S3/c1-22(2,3)28-25(26-20-14-12-16-8-4-6-10-18(16)23-20)27-21-15-13-17-9-5-7-11-19(17)24-21/h4-15H,1-3H3. The van der Waals surface area contributed by atoms with Crippen LogP contribution in [0.3, 0.4) is 0 Å². The molecule has 6 heteroatoms. The first-order valence-electron chi connectivity index (χ1n) is 9.03. The molecular formula is C22H21N3S3. The van der Waals surface area contributed by atoms with Gasteiger partial charge in [-0.25, -0.2) is 9.97 Å². The Balaban J connectivity index is 1.59. The van der Waals surface area contributed by atoms with E-state index in [9.17, 15) is 0 Å². The van der Waals surface area contributed by atoms with Crippen molar-refractivity contribution in [2.75, 3.05) is 0 Å². The van der Waals surface area contributed by atoms with Crippen molar-refractivity contribution in [2.24, 2.45) is 0 Å². The Morgan fingerprint density at radius 3 is 1.57 bits per heavy atom. The highest BCUT2D eigenvalue weighted by atomic mass is 32.3. The second-order valence-corrected chi connectivity index (χ2v) is 11.7. The predicted molar refractivity (Wildman–Crippen MR) is 124 cm³/mol. The second-order valence-electron chi connectivity index (χ2n) is 7.29. The summed E-state index contributed by atoms with van der Waals surface area (Å²) < 4.78 is 2.28. The lowest BCUT2D eigenvalue weighted by Gasteiger charge is -2.26. The minimum absolute atomic E-state index is 0.0771. The maximum Gasteiger partial charge on any atom is 0.114 e. The summed E-state index contributed by atoms with van der Waals surface area (Å²) in [6, 6.07) is 24.8. The Labute approximate surface area is 178 Å². The molecule has 0 aliphatic heterocycles. The van der Waals surface area contributed by atoms with Crippen molar-refractivity contribution in [1.29, 1.82) is 0 Å². The first kappa shape index (κ1) is 19.6. The average Bonchev–Trinajstić information content (AvgIpc) is 2.66. The van der Waals surface area contributed by atoms with Crippen LogP contribution in [-0.4, -0.2) is 17.8 Å². The van der Waals surface area contributed by atoms with Gasteiger partial charge >= 0.3 is 0 Å². The third-order valence-electron chi connectivity index (χ3n) is 3.83. The molecule has 2 heterocycles. The lowest BCUT2D eigenvalue weighted by atomic mass is 10.2. The van der Waals surface area contributed by atoms with Crippen LogP contribution in [0.4, 0.5) is 0 Å². The van der Waals surface area contributed by atoms with Crippen molar-refractivity contribution in [1.82, 2.24) is 13.1 Å². The molecule has 2 aromatic carbocycles. The Bertz CT molecular complexity index is 1030. The molecular weight excluding hydrogens is 402 g/mol. The van der Waals surface area contributed by atoms with Crippen molar-refractivity contribution in [3.05, 3.63) is 72.8 Å². The van der Waals surface area contributed by atoms with Gasteiger partial charge in [0.1, 0.15) is 10.1 Å². The fraction of sp³-hybridized carbons (Fsp3) is 0.182. The first-order chi connectivity index (χ1) is 13.5. The van der Waals surface area contributed by atoms with Crippen LogP contribution in [0.5, 0.6) is 0 Å². The molecule has 28 heavy (non-hydrogen) atoms. The Morgan fingerprint density at radius 2 is 1.11 bits per heavy atom. The third-order valence-corrected chi connectivity index (χ3v) is 7.00. The molecule has 0 aliphatic carbocycles. The van der Waals surface area contributed by atoms with E-state index >= 15 is 0 Å². The van der Waals surface area contributed by atoms with E-state index in [0.717, 1.165) is 31.9 Å². The van der Waals surface area contributed by atoms with Gasteiger partial charge in [-0.2, -0.15) is 0 Å². The van der Waals surface area contributed by atoms with Crippen LogP contribution in [-0.2, 0) is 0 Å². The molecule has 0 atom stereocenters. The molecule has 4 aromatic rings. The zero-order chi connectivity index (χ0) is 19.6. The van der Waals surface area contributed by atoms with E-state index in [0.29, 0.717) is 0 Å². The van der Waals surface area contributed by atoms with Crippen LogP contribution >= 0.6 is 35.8 Å². The zero-order valence-electron chi connectivity index (χ0n) is 16.0. The van der Waals surface area contributed by atoms with E-state index in [2.05, 4.69) is 72.4 Å². The highest BCUT2D eigenvalue weighted by Crippen LogP contribution is 2.44. The van der Waals surface area contributed by atoms with E-state index in [-0.39, 0.29) is 4.75 Å². The minimum atomic E-state index is 0.0771. The number of rotatable bonds is 5. The number of nitrogens with zero attached hydrogens (tertiary/aromatic N) is 3. The van der Waals surface area contributed by atoms with Gasteiger partial charge in [-0.05, 0) is 57.0 Å². The maximum absolute atomic E-state index is 4.81. The molecule has 0 spiro atoms. The van der Waals surface area contributed by atoms with Gasteiger partial charge in [-0.1, -0.05) is 48.5 Å². The summed E-state index contributed by atoms with van der Waals surface area (Å²) in [6.07, 6.45) is 0.